The van der Waals surface area contributed by atoms with E-state index in [-0.39, 0.29) is 35.7 Å². The first-order valence-corrected chi connectivity index (χ1v) is 12.2. The Hall–Kier alpha value is -3.59. The van der Waals surface area contributed by atoms with Crippen molar-refractivity contribution in [1.29, 1.82) is 5.41 Å². The van der Waals surface area contributed by atoms with E-state index in [4.69, 9.17) is 26.5 Å². The van der Waals surface area contributed by atoms with Gasteiger partial charge in [-0.05, 0) is 68.7 Å². The van der Waals surface area contributed by atoms with Crippen molar-refractivity contribution in [2.45, 2.75) is 46.6 Å². The minimum Gasteiger partial charge on any atom is -0.486 e. The first-order chi connectivity index (χ1) is 17.4. The number of aliphatic carboxylic acids is 1. The quantitative estimate of drug-likeness (QED) is 0.263. The molecule has 1 aliphatic rings. The van der Waals surface area contributed by atoms with Crippen LogP contribution < -0.4 is 15.0 Å². The summed E-state index contributed by atoms with van der Waals surface area (Å²) in [4.78, 5) is 25.8. The lowest BCUT2D eigenvalue weighted by atomic mass is 9.95. The van der Waals surface area contributed by atoms with Gasteiger partial charge < -0.3 is 19.9 Å². The maximum atomic E-state index is 14.2. The molecule has 3 N–H and O–H groups in total. The van der Waals surface area contributed by atoms with Gasteiger partial charge in [-0.2, -0.15) is 0 Å². The fraction of sp³-hybridized carbons (Fsp3) is 0.370. The zero-order valence-corrected chi connectivity index (χ0v) is 22.0. The van der Waals surface area contributed by atoms with Gasteiger partial charge in [-0.1, -0.05) is 30.7 Å². The average Bonchev–Trinajstić information content (AvgIpc) is 2.86. The van der Waals surface area contributed by atoms with Gasteiger partial charge >= 0.3 is 12.0 Å². The molecule has 1 aliphatic heterocycles. The number of carboxylic acids is 1. The highest BCUT2D eigenvalue weighted by Crippen LogP contribution is 2.37. The first kappa shape index (κ1) is 28.0. The highest BCUT2D eigenvalue weighted by Gasteiger charge is 2.30. The Morgan fingerprint density at radius 2 is 2.05 bits per heavy atom. The SMILES string of the molecule is CCC1CN(C(=O)Nc2ccc(Cl)cc2F)c2ccc(/C(C)=C/CC(=N)OCC(C)(C)C(=O)O)cc2O1. The maximum absolute atomic E-state index is 14.2. The van der Waals surface area contributed by atoms with Crippen molar-refractivity contribution in [3.05, 3.63) is 58.9 Å². The molecule has 0 spiro atoms. The summed E-state index contributed by atoms with van der Waals surface area (Å²) in [7, 11) is 0. The minimum atomic E-state index is -1.09. The molecule has 2 aromatic rings. The number of rotatable bonds is 8. The van der Waals surface area contributed by atoms with Gasteiger partial charge in [0.05, 0.1) is 23.3 Å². The molecular weight excluding hydrogens is 501 g/mol. The molecule has 0 aliphatic carbocycles. The van der Waals surface area contributed by atoms with Gasteiger partial charge in [0.1, 0.15) is 24.3 Å². The van der Waals surface area contributed by atoms with E-state index in [1.54, 1.807) is 6.07 Å². The van der Waals surface area contributed by atoms with Crippen LogP contribution in [0, 0.1) is 16.6 Å². The van der Waals surface area contributed by atoms with Gasteiger partial charge in [-0.3, -0.25) is 15.1 Å². The Morgan fingerprint density at radius 3 is 2.70 bits per heavy atom. The molecule has 198 valence electrons. The Bertz CT molecular complexity index is 1230. The number of carbonyl (C=O) groups excluding carboxylic acids is 1. The first-order valence-electron chi connectivity index (χ1n) is 11.9. The lowest BCUT2D eigenvalue weighted by Gasteiger charge is -2.35. The van der Waals surface area contributed by atoms with E-state index in [9.17, 15) is 19.1 Å². The summed E-state index contributed by atoms with van der Waals surface area (Å²) in [5, 5.41) is 20.0. The van der Waals surface area contributed by atoms with Crippen molar-refractivity contribution >= 4 is 46.4 Å². The summed E-state index contributed by atoms with van der Waals surface area (Å²) in [6.07, 6.45) is 2.43. The van der Waals surface area contributed by atoms with Crippen LogP contribution >= 0.6 is 11.6 Å². The van der Waals surface area contributed by atoms with Gasteiger partial charge in [0.2, 0.25) is 0 Å². The van der Waals surface area contributed by atoms with E-state index in [1.807, 2.05) is 32.1 Å². The van der Waals surface area contributed by atoms with Gasteiger partial charge in [0.25, 0.3) is 0 Å². The summed E-state index contributed by atoms with van der Waals surface area (Å²) in [6, 6.07) is 8.99. The van der Waals surface area contributed by atoms with Gasteiger partial charge in [-0.25, -0.2) is 9.18 Å². The molecule has 8 nitrogen and oxygen atoms in total. The molecule has 1 unspecified atom stereocenters. The second-order valence-corrected chi connectivity index (χ2v) is 9.92. The Kier molecular flexibility index (Phi) is 8.81. The number of carboxylic acid groups (broad SMARTS) is 1. The summed E-state index contributed by atoms with van der Waals surface area (Å²) < 4.78 is 25.7. The zero-order chi connectivity index (χ0) is 27.3. The number of urea groups is 1. The fourth-order valence-electron chi connectivity index (χ4n) is 3.53. The van der Waals surface area contributed by atoms with Crippen molar-refractivity contribution in [3.63, 3.8) is 0 Å². The number of anilines is 2. The van der Waals surface area contributed by atoms with Gasteiger partial charge in [0.15, 0.2) is 5.90 Å². The molecule has 0 saturated heterocycles. The van der Waals surface area contributed by atoms with Crippen LogP contribution in [0.25, 0.3) is 5.57 Å². The molecule has 1 atom stereocenters. The standard InChI is InChI=1S/C27H31ClFN3O5/c1-5-19-14-32(26(35)31-21-9-8-18(28)13-20(21)29)22-10-7-17(12-23(22)37-19)16(2)6-11-24(30)36-15-27(3,4)25(33)34/h6-10,12-13,19,30H,5,11,14-15H2,1-4H3,(H,31,35)(H,33,34)/b16-6+,30-24?. The molecule has 0 bridgehead atoms. The van der Waals surface area contributed by atoms with Crippen molar-refractivity contribution in [3.8, 4) is 5.75 Å². The van der Waals surface area contributed by atoms with Crippen LogP contribution in [0.2, 0.25) is 5.02 Å². The summed E-state index contributed by atoms with van der Waals surface area (Å²) in [5.41, 5.74) is 1.18. The number of nitrogens with zero attached hydrogens (tertiary/aromatic N) is 1. The highest BCUT2D eigenvalue weighted by atomic mass is 35.5. The number of halogens is 2. The monoisotopic (exact) mass is 531 g/mol. The number of allylic oxidation sites excluding steroid dienone is 1. The molecule has 1 heterocycles. The molecule has 0 radical (unpaired) electrons. The third-order valence-corrected chi connectivity index (χ3v) is 6.27. The van der Waals surface area contributed by atoms with E-state index >= 15 is 0 Å². The Balaban J connectivity index is 1.75. The molecule has 0 aromatic heterocycles. The molecule has 2 amide bonds. The molecule has 0 saturated carbocycles. The average molecular weight is 532 g/mol. The van der Waals surface area contributed by atoms with Crippen molar-refractivity contribution < 1.29 is 28.6 Å². The lowest BCUT2D eigenvalue weighted by molar-refractivity contribution is -0.148. The molecule has 2 aromatic carbocycles. The summed E-state index contributed by atoms with van der Waals surface area (Å²) in [6.45, 7) is 7.11. The smallest absolute Gasteiger partial charge is 0.326 e. The fourth-order valence-corrected chi connectivity index (χ4v) is 3.68. The normalized spacial score (nSPS) is 15.5. The third-order valence-electron chi connectivity index (χ3n) is 6.04. The van der Waals surface area contributed by atoms with Crippen molar-refractivity contribution in [2.24, 2.45) is 5.41 Å². The van der Waals surface area contributed by atoms with Crippen molar-refractivity contribution in [2.75, 3.05) is 23.4 Å². The van der Waals surface area contributed by atoms with Crippen LogP contribution in [0.1, 0.15) is 46.1 Å². The molecule has 37 heavy (non-hydrogen) atoms. The van der Waals surface area contributed by atoms with Crippen LogP contribution in [-0.2, 0) is 9.53 Å². The number of amides is 2. The number of hydrogen-bond acceptors (Lipinski definition) is 5. The van der Waals surface area contributed by atoms with Gasteiger partial charge in [0, 0.05) is 11.4 Å². The second-order valence-electron chi connectivity index (χ2n) is 9.49. The molecular formula is C27H31ClFN3O5. The van der Waals surface area contributed by atoms with E-state index in [0.29, 0.717) is 24.4 Å². The predicted molar refractivity (Wildman–Crippen MR) is 142 cm³/mol. The Labute approximate surface area is 220 Å². The summed E-state index contributed by atoms with van der Waals surface area (Å²) >= 11 is 5.81. The molecule has 10 heteroatoms. The topological polar surface area (TPSA) is 112 Å². The van der Waals surface area contributed by atoms with Crippen LogP contribution in [0.3, 0.4) is 0 Å². The number of nitrogens with one attached hydrogen (secondary N) is 2. The highest BCUT2D eigenvalue weighted by molar-refractivity contribution is 6.30. The number of benzene rings is 2. The zero-order valence-electron chi connectivity index (χ0n) is 21.2. The minimum absolute atomic E-state index is 0.0299. The van der Waals surface area contributed by atoms with Crippen LogP contribution in [0.4, 0.5) is 20.6 Å². The van der Waals surface area contributed by atoms with Crippen LogP contribution in [-0.4, -0.2) is 42.3 Å². The number of fused-ring (bicyclic) bond motifs is 1. The van der Waals surface area contributed by atoms with E-state index in [2.05, 4.69) is 5.32 Å². The third kappa shape index (κ3) is 7.01. The molecule has 3 rings (SSSR count). The largest absolute Gasteiger partial charge is 0.486 e. The van der Waals surface area contributed by atoms with E-state index in [1.165, 1.54) is 30.9 Å². The second kappa shape index (κ2) is 11.6. The van der Waals surface area contributed by atoms with Crippen LogP contribution in [0.5, 0.6) is 5.75 Å². The van der Waals surface area contributed by atoms with E-state index in [0.717, 1.165) is 17.2 Å². The summed E-state index contributed by atoms with van der Waals surface area (Å²) in [5.74, 6) is -1.14. The number of hydrogen-bond donors (Lipinski definition) is 3. The number of carbonyl (C=O) groups is 2. The maximum Gasteiger partial charge on any atom is 0.326 e. The van der Waals surface area contributed by atoms with Gasteiger partial charge in [-0.15, -0.1) is 0 Å². The molecule has 0 fully saturated rings. The Morgan fingerprint density at radius 1 is 1.32 bits per heavy atom. The number of ether oxygens (including phenoxy) is 2. The van der Waals surface area contributed by atoms with E-state index < -0.39 is 23.2 Å². The lowest BCUT2D eigenvalue weighted by Crippen LogP contribution is -2.45. The predicted octanol–water partition coefficient (Wildman–Crippen LogP) is 6.59. The van der Waals surface area contributed by atoms with Crippen LogP contribution in [0.15, 0.2) is 42.5 Å². The van der Waals surface area contributed by atoms with Crippen molar-refractivity contribution in [1.82, 2.24) is 0 Å².